The second kappa shape index (κ2) is 2.65. The molecular formula is C10H12N. The Balaban J connectivity index is 2.15. The molecule has 2 rings (SSSR count). The molecule has 1 atom stereocenters. The third kappa shape index (κ3) is 1.42. The molecule has 0 unspecified atom stereocenters. The number of pyridine rings is 1. The fraction of sp³-hybridized carbons (Fsp3) is 0.400. The predicted molar refractivity (Wildman–Crippen MR) is 45.1 cm³/mol. The van der Waals surface area contributed by atoms with Gasteiger partial charge in [-0.05, 0) is 49.3 Å². The summed E-state index contributed by atoms with van der Waals surface area (Å²) in [5.41, 5.74) is 1.34. The fourth-order valence-electron chi connectivity index (χ4n) is 1.38. The topological polar surface area (TPSA) is 12.9 Å². The molecule has 11 heavy (non-hydrogen) atoms. The molecule has 1 nitrogen and oxygen atoms in total. The molecule has 1 heteroatoms. The first-order chi connectivity index (χ1) is 5.38. The van der Waals surface area contributed by atoms with Gasteiger partial charge < -0.3 is 0 Å². The van der Waals surface area contributed by atoms with E-state index in [1.807, 2.05) is 12.4 Å². The highest BCUT2D eigenvalue weighted by Gasteiger charge is 2.28. The van der Waals surface area contributed by atoms with Gasteiger partial charge in [0.15, 0.2) is 0 Å². The largest absolute Gasteiger partial charge is 0.265 e. The summed E-state index contributed by atoms with van der Waals surface area (Å²) < 4.78 is 0. The van der Waals surface area contributed by atoms with Crippen LogP contribution in [0.25, 0.3) is 0 Å². The Labute approximate surface area is 67.5 Å². The third-order valence-corrected chi connectivity index (χ3v) is 2.33. The molecule has 0 aliphatic heterocycles. The highest BCUT2D eigenvalue weighted by Crippen LogP contribution is 2.41. The Bertz CT molecular complexity index is 226. The van der Waals surface area contributed by atoms with E-state index in [1.54, 1.807) is 0 Å². The van der Waals surface area contributed by atoms with E-state index in [2.05, 4.69) is 24.0 Å². The molecule has 1 heterocycles. The van der Waals surface area contributed by atoms with Crippen molar-refractivity contribution in [3.8, 4) is 0 Å². The molecule has 0 amide bonds. The van der Waals surface area contributed by atoms with Gasteiger partial charge in [-0.2, -0.15) is 0 Å². The molecule has 0 bridgehead atoms. The van der Waals surface area contributed by atoms with E-state index >= 15 is 0 Å². The lowest BCUT2D eigenvalue weighted by Crippen LogP contribution is -1.95. The highest BCUT2D eigenvalue weighted by atomic mass is 14.6. The van der Waals surface area contributed by atoms with Gasteiger partial charge in [-0.3, -0.25) is 4.98 Å². The fourth-order valence-corrected chi connectivity index (χ4v) is 1.38. The van der Waals surface area contributed by atoms with Crippen LogP contribution >= 0.6 is 0 Å². The van der Waals surface area contributed by atoms with E-state index in [-0.39, 0.29) is 0 Å². The Kier molecular flexibility index (Phi) is 1.65. The molecular weight excluding hydrogens is 134 g/mol. The van der Waals surface area contributed by atoms with Crippen molar-refractivity contribution in [3.05, 3.63) is 37.0 Å². The maximum atomic E-state index is 4.14. The van der Waals surface area contributed by atoms with Crippen molar-refractivity contribution in [2.45, 2.75) is 18.8 Å². The van der Waals surface area contributed by atoms with Gasteiger partial charge in [0, 0.05) is 12.4 Å². The van der Waals surface area contributed by atoms with Crippen molar-refractivity contribution in [2.75, 3.05) is 0 Å². The summed E-state index contributed by atoms with van der Waals surface area (Å²) in [4.78, 5) is 3.98. The summed E-state index contributed by atoms with van der Waals surface area (Å²) >= 11 is 0. The molecule has 57 valence electrons. The van der Waals surface area contributed by atoms with E-state index in [9.17, 15) is 0 Å². The van der Waals surface area contributed by atoms with Crippen LogP contribution in [-0.4, -0.2) is 4.98 Å². The molecule has 0 spiro atoms. The average molecular weight is 146 g/mol. The zero-order valence-electron chi connectivity index (χ0n) is 6.53. The number of hydrogen-bond donors (Lipinski definition) is 0. The van der Waals surface area contributed by atoms with Gasteiger partial charge in [-0.15, -0.1) is 0 Å². The Morgan fingerprint density at radius 1 is 1.36 bits per heavy atom. The number of aromatic nitrogens is 1. The quantitative estimate of drug-likeness (QED) is 0.624. The average Bonchev–Trinajstić information content (AvgIpc) is 2.87. The van der Waals surface area contributed by atoms with Gasteiger partial charge in [0.25, 0.3) is 0 Å². The number of rotatable bonds is 2. The molecule has 1 aromatic heterocycles. The maximum Gasteiger partial charge on any atom is 0.0270 e. The van der Waals surface area contributed by atoms with Crippen LogP contribution in [-0.2, 0) is 0 Å². The van der Waals surface area contributed by atoms with Gasteiger partial charge in [0.2, 0.25) is 0 Å². The zero-order chi connectivity index (χ0) is 7.68. The van der Waals surface area contributed by atoms with Crippen LogP contribution in [0.15, 0.2) is 24.5 Å². The van der Waals surface area contributed by atoms with Crippen LogP contribution in [0, 0.1) is 12.8 Å². The van der Waals surface area contributed by atoms with E-state index in [0.717, 1.165) is 5.92 Å². The lowest BCUT2D eigenvalue weighted by molar-refractivity contribution is 0.723. The van der Waals surface area contributed by atoms with Gasteiger partial charge >= 0.3 is 0 Å². The number of nitrogens with zero attached hydrogens (tertiary/aromatic N) is 1. The molecule has 0 aromatic carbocycles. The van der Waals surface area contributed by atoms with Crippen molar-refractivity contribution in [3.63, 3.8) is 0 Å². The second-order valence-electron chi connectivity index (χ2n) is 3.22. The summed E-state index contributed by atoms with van der Waals surface area (Å²) in [5.74, 6) is 1.34. The van der Waals surface area contributed by atoms with Crippen LogP contribution in [0.5, 0.6) is 0 Å². The Morgan fingerprint density at radius 3 is 2.55 bits per heavy atom. The monoisotopic (exact) mass is 146 g/mol. The van der Waals surface area contributed by atoms with Gasteiger partial charge in [0.1, 0.15) is 0 Å². The van der Waals surface area contributed by atoms with E-state index in [1.165, 1.54) is 18.4 Å². The molecule has 0 N–H and O–H groups in total. The van der Waals surface area contributed by atoms with Crippen molar-refractivity contribution in [1.82, 2.24) is 4.98 Å². The number of hydrogen-bond acceptors (Lipinski definition) is 1. The van der Waals surface area contributed by atoms with Crippen molar-refractivity contribution in [2.24, 2.45) is 5.92 Å². The van der Waals surface area contributed by atoms with Crippen LogP contribution in [0.4, 0.5) is 0 Å². The first kappa shape index (κ1) is 6.84. The smallest absolute Gasteiger partial charge is 0.0270 e. The SMILES string of the molecule is [CH2][C@@H](c1ccncc1)C1CC1. The molecule has 1 aliphatic rings. The summed E-state index contributed by atoms with van der Waals surface area (Å²) in [6, 6.07) is 4.13. The summed E-state index contributed by atoms with van der Waals surface area (Å²) in [5, 5.41) is 0. The first-order valence-corrected chi connectivity index (χ1v) is 4.11. The molecule has 1 radical (unpaired) electrons. The minimum Gasteiger partial charge on any atom is -0.265 e. The summed E-state index contributed by atoms with van der Waals surface area (Å²) in [6.07, 6.45) is 6.40. The molecule has 0 saturated heterocycles. The predicted octanol–water partition coefficient (Wildman–Crippen LogP) is 2.41. The lowest BCUT2D eigenvalue weighted by atomic mass is 9.98. The first-order valence-electron chi connectivity index (χ1n) is 4.11. The third-order valence-electron chi connectivity index (χ3n) is 2.33. The van der Waals surface area contributed by atoms with Crippen molar-refractivity contribution in [1.29, 1.82) is 0 Å². The van der Waals surface area contributed by atoms with Gasteiger partial charge in [-0.25, -0.2) is 0 Å². The highest BCUT2D eigenvalue weighted by molar-refractivity contribution is 5.19. The molecule has 1 aliphatic carbocycles. The summed E-state index contributed by atoms with van der Waals surface area (Å²) in [7, 11) is 0. The standard InChI is InChI=1S/C10H12N/c1-8(9-2-3-9)10-4-6-11-7-5-10/h4-9H,1-3H2/t8-/m1/s1. The van der Waals surface area contributed by atoms with Crippen LogP contribution in [0.2, 0.25) is 0 Å². The molecule has 1 aromatic rings. The maximum absolute atomic E-state index is 4.14. The lowest BCUT2D eigenvalue weighted by Gasteiger charge is -2.08. The molecule has 1 saturated carbocycles. The Morgan fingerprint density at radius 2 is 2.00 bits per heavy atom. The van der Waals surface area contributed by atoms with E-state index < -0.39 is 0 Å². The normalized spacial score (nSPS) is 19.7. The van der Waals surface area contributed by atoms with Gasteiger partial charge in [0.05, 0.1) is 0 Å². The zero-order valence-corrected chi connectivity index (χ0v) is 6.53. The van der Waals surface area contributed by atoms with Crippen LogP contribution in [0.3, 0.4) is 0 Å². The summed E-state index contributed by atoms with van der Waals surface area (Å²) in [6.45, 7) is 4.14. The van der Waals surface area contributed by atoms with Crippen molar-refractivity contribution >= 4 is 0 Å². The van der Waals surface area contributed by atoms with Crippen molar-refractivity contribution < 1.29 is 0 Å². The van der Waals surface area contributed by atoms with E-state index in [4.69, 9.17) is 0 Å². The minimum atomic E-state index is 0.498. The Hall–Kier alpha value is -0.850. The van der Waals surface area contributed by atoms with Crippen LogP contribution in [0.1, 0.15) is 24.3 Å². The van der Waals surface area contributed by atoms with Gasteiger partial charge in [-0.1, -0.05) is 0 Å². The minimum absolute atomic E-state index is 0.498. The van der Waals surface area contributed by atoms with Crippen LogP contribution < -0.4 is 0 Å². The second-order valence-corrected chi connectivity index (χ2v) is 3.22. The van der Waals surface area contributed by atoms with E-state index in [0.29, 0.717) is 5.92 Å². The molecule has 1 fully saturated rings.